The Balaban J connectivity index is 1.97. The summed E-state index contributed by atoms with van der Waals surface area (Å²) < 4.78 is 15.8. The number of hydrogen-bond donors (Lipinski definition) is 2. The molecule has 1 aromatic carbocycles. The molecule has 0 saturated heterocycles. The molecule has 25 heavy (non-hydrogen) atoms. The van der Waals surface area contributed by atoms with Gasteiger partial charge in [0, 0.05) is 31.6 Å². The van der Waals surface area contributed by atoms with E-state index in [9.17, 15) is 4.39 Å². The quantitative estimate of drug-likeness (QED) is 0.589. The van der Waals surface area contributed by atoms with Crippen molar-refractivity contribution < 1.29 is 4.39 Å². The lowest BCUT2D eigenvalue weighted by molar-refractivity contribution is 0.608. The predicted molar refractivity (Wildman–Crippen MR) is 93.3 cm³/mol. The Morgan fingerprint density at radius 1 is 1.36 bits per heavy atom. The van der Waals surface area contributed by atoms with Gasteiger partial charge in [-0.2, -0.15) is 5.26 Å². The molecule has 7 nitrogen and oxygen atoms in total. The number of halogens is 1. The number of nitrogens with one attached hydrogen (secondary N) is 2. The van der Waals surface area contributed by atoms with Crippen LogP contribution in [0.1, 0.15) is 30.8 Å². The van der Waals surface area contributed by atoms with Crippen LogP contribution in [0.3, 0.4) is 0 Å². The number of benzene rings is 1. The standard InChI is InChI=1S/C17H22FN7/c1-3-16-24-23-12-25(16)8-7-21-17(20-4-2)22-11-14-9-13(10-19)5-6-15(14)18/h5-6,9,12H,3-4,7-8,11H2,1-2H3,(H2,20,21,22). The molecular formula is C17H22FN7. The van der Waals surface area contributed by atoms with Crippen LogP contribution in [0.5, 0.6) is 0 Å². The van der Waals surface area contributed by atoms with Crippen molar-refractivity contribution in [3.63, 3.8) is 0 Å². The summed E-state index contributed by atoms with van der Waals surface area (Å²) >= 11 is 0. The van der Waals surface area contributed by atoms with Crippen molar-refractivity contribution in [2.24, 2.45) is 4.99 Å². The molecule has 0 amide bonds. The van der Waals surface area contributed by atoms with Gasteiger partial charge in [-0.05, 0) is 25.1 Å². The average Bonchev–Trinajstić information content (AvgIpc) is 3.08. The summed E-state index contributed by atoms with van der Waals surface area (Å²) in [7, 11) is 0. The van der Waals surface area contributed by atoms with E-state index < -0.39 is 0 Å². The van der Waals surface area contributed by atoms with Gasteiger partial charge < -0.3 is 15.2 Å². The van der Waals surface area contributed by atoms with Crippen molar-refractivity contribution in [1.29, 1.82) is 5.26 Å². The molecule has 0 aliphatic rings. The fourth-order valence-corrected chi connectivity index (χ4v) is 2.31. The summed E-state index contributed by atoms with van der Waals surface area (Å²) in [6, 6.07) is 6.28. The second kappa shape index (κ2) is 9.37. The monoisotopic (exact) mass is 343 g/mol. The molecule has 8 heteroatoms. The zero-order valence-electron chi connectivity index (χ0n) is 14.5. The minimum Gasteiger partial charge on any atom is -0.357 e. The first-order chi connectivity index (χ1) is 12.2. The van der Waals surface area contributed by atoms with Crippen molar-refractivity contribution in [3.8, 4) is 6.07 Å². The molecule has 1 heterocycles. The third-order valence-corrected chi connectivity index (χ3v) is 3.58. The van der Waals surface area contributed by atoms with Crippen LogP contribution in [0.25, 0.3) is 0 Å². The zero-order valence-corrected chi connectivity index (χ0v) is 14.5. The van der Waals surface area contributed by atoms with E-state index in [1.54, 1.807) is 6.33 Å². The summed E-state index contributed by atoms with van der Waals surface area (Å²) in [5.74, 6) is 1.16. The fraction of sp³-hybridized carbons (Fsp3) is 0.412. The molecule has 0 unspecified atom stereocenters. The lowest BCUT2D eigenvalue weighted by Gasteiger charge is -2.12. The summed E-state index contributed by atoms with van der Waals surface area (Å²) in [5.41, 5.74) is 0.813. The van der Waals surface area contributed by atoms with Gasteiger partial charge in [0.2, 0.25) is 0 Å². The lowest BCUT2D eigenvalue weighted by atomic mass is 10.1. The van der Waals surface area contributed by atoms with Gasteiger partial charge in [-0.25, -0.2) is 9.38 Å². The van der Waals surface area contributed by atoms with Crippen LogP contribution in [0.2, 0.25) is 0 Å². The van der Waals surface area contributed by atoms with E-state index in [4.69, 9.17) is 5.26 Å². The normalized spacial score (nSPS) is 11.2. The van der Waals surface area contributed by atoms with E-state index in [2.05, 4.69) is 25.8 Å². The molecule has 2 N–H and O–H groups in total. The molecule has 2 aromatic rings. The highest BCUT2D eigenvalue weighted by Crippen LogP contribution is 2.11. The number of hydrogen-bond acceptors (Lipinski definition) is 4. The molecule has 0 saturated carbocycles. The predicted octanol–water partition coefficient (Wildman–Crippen LogP) is 1.61. The zero-order chi connectivity index (χ0) is 18.1. The fourth-order valence-electron chi connectivity index (χ4n) is 2.31. The summed E-state index contributed by atoms with van der Waals surface area (Å²) in [6.07, 6.45) is 2.52. The van der Waals surface area contributed by atoms with Crippen LogP contribution >= 0.6 is 0 Å². The molecule has 0 aliphatic carbocycles. The van der Waals surface area contributed by atoms with Crippen LogP contribution in [-0.2, 0) is 19.5 Å². The number of aliphatic imine (C=N–C) groups is 1. The van der Waals surface area contributed by atoms with Gasteiger partial charge in [-0.3, -0.25) is 0 Å². The Morgan fingerprint density at radius 2 is 2.20 bits per heavy atom. The molecule has 0 bridgehead atoms. The van der Waals surface area contributed by atoms with Gasteiger partial charge in [-0.1, -0.05) is 6.92 Å². The molecule has 0 spiro atoms. The third-order valence-electron chi connectivity index (χ3n) is 3.58. The maximum Gasteiger partial charge on any atom is 0.191 e. The molecule has 0 atom stereocenters. The van der Waals surface area contributed by atoms with Gasteiger partial charge >= 0.3 is 0 Å². The lowest BCUT2D eigenvalue weighted by Crippen LogP contribution is -2.39. The van der Waals surface area contributed by atoms with Gasteiger partial charge in [0.15, 0.2) is 5.96 Å². The summed E-state index contributed by atoms with van der Waals surface area (Å²) in [6.45, 7) is 6.19. The van der Waals surface area contributed by atoms with Crippen molar-refractivity contribution >= 4 is 5.96 Å². The maximum atomic E-state index is 13.8. The topological polar surface area (TPSA) is 90.9 Å². The molecule has 0 radical (unpaired) electrons. The highest BCUT2D eigenvalue weighted by molar-refractivity contribution is 5.79. The molecular weight excluding hydrogens is 321 g/mol. The van der Waals surface area contributed by atoms with Crippen molar-refractivity contribution in [2.45, 2.75) is 33.4 Å². The van der Waals surface area contributed by atoms with Crippen LogP contribution in [-0.4, -0.2) is 33.8 Å². The first-order valence-electron chi connectivity index (χ1n) is 8.25. The highest BCUT2D eigenvalue weighted by Gasteiger charge is 2.05. The van der Waals surface area contributed by atoms with Crippen LogP contribution in [0, 0.1) is 17.1 Å². The van der Waals surface area contributed by atoms with E-state index >= 15 is 0 Å². The molecule has 0 fully saturated rings. The van der Waals surface area contributed by atoms with Crippen molar-refractivity contribution in [3.05, 3.63) is 47.3 Å². The Bertz CT molecular complexity index is 761. The van der Waals surface area contributed by atoms with Gasteiger partial charge in [0.25, 0.3) is 0 Å². The van der Waals surface area contributed by atoms with E-state index in [1.807, 2.05) is 24.5 Å². The minimum absolute atomic E-state index is 0.156. The Morgan fingerprint density at radius 3 is 2.92 bits per heavy atom. The minimum atomic E-state index is -0.365. The number of guanidine groups is 1. The van der Waals surface area contributed by atoms with E-state index in [1.165, 1.54) is 18.2 Å². The number of aromatic nitrogens is 3. The third kappa shape index (κ3) is 5.28. The summed E-state index contributed by atoms with van der Waals surface area (Å²) in [4.78, 5) is 4.39. The van der Waals surface area contributed by atoms with Crippen LogP contribution < -0.4 is 10.6 Å². The first kappa shape index (κ1) is 18.4. The van der Waals surface area contributed by atoms with E-state index in [0.29, 0.717) is 36.7 Å². The largest absolute Gasteiger partial charge is 0.357 e. The van der Waals surface area contributed by atoms with Crippen LogP contribution in [0.4, 0.5) is 4.39 Å². The highest BCUT2D eigenvalue weighted by atomic mass is 19.1. The van der Waals surface area contributed by atoms with Gasteiger partial charge in [0.1, 0.15) is 18.0 Å². The van der Waals surface area contributed by atoms with Crippen LogP contribution in [0.15, 0.2) is 29.5 Å². The number of nitriles is 1. The molecule has 132 valence electrons. The Hall–Kier alpha value is -2.95. The van der Waals surface area contributed by atoms with Gasteiger partial charge in [0.05, 0.1) is 18.2 Å². The Labute approximate surface area is 146 Å². The molecule has 2 rings (SSSR count). The maximum absolute atomic E-state index is 13.8. The number of nitrogens with zero attached hydrogens (tertiary/aromatic N) is 5. The summed E-state index contributed by atoms with van der Waals surface area (Å²) in [5, 5.41) is 23.2. The average molecular weight is 343 g/mol. The van der Waals surface area contributed by atoms with E-state index in [0.717, 1.165) is 12.2 Å². The molecule has 0 aliphatic heterocycles. The van der Waals surface area contributed by atoms with Gasteiger partial charge in [-0.15, -0.1) is 10.2 Å². The van der Waals surface area contributed by atoms with E-state index in [-0.39, 0.29) is 12.4 Å². The SMILES string of the molecule is CCNC(=NCc1cc(C#N)ccc1F)NCCn1cnnc1CC. The van der Waals surface area contributed by atoms with Crippen molar-refractivity contribution in [2.75, 3.05) is 13.1 Å². The van der Waals surface area contributed by atoms with Crippen molar-refractivity contribution in [1.82, 2.24) is 25.4 Å². The number of rotatable bonds is 7. The Kier molecular flexibility index (Phi) is 6.89. The second-order valence-corrected chi connectivity index (χ2v) is 5.33. The second-order valence-electron chi connectivity index (χ2n) is 5.33. The smallest absolute Gasteiger partial charge is 0.191 e. The number of aryl methyl sites for hydroxylation is 1. The first-order valence-corrected chi connectivity index (χ1v) is 8.25. The molecule has 1 aromatic heterocycles.